The molecule has 144 valence electrons. The Morgan fingerprint density at radius 3 is 2.32 bits per heavy atom. The molecule has 4 nitrogen and oxygen atoms in total. The molecule has 0 aliphatic carbocycles. The minimum absolute atomic E-state index is 0.244. The number of halogens is 1. The fourth-order valence-corrected chi connectivity index (χ4v) is 3.65. The van der Waals surface area contributed by atoms with Crippen LogP contribution in [0.4, 0.5) is 5.69 Å². The Labute approximate surface area is 173 Å². The third-order valence-corrected chi connectivity index (χ3v) is 5.53. The number of esters is 1. The molecule has 0 saturated carbocycles. The van der Waals surface area contributed by atoms with Crippen molar-refractivity contribution in [2.75, 3.05) is 12.0 Å². The van der Waals surface area contributed by atoms with Gasteiger partial charge >= 0.3 is 5.97 Å². The molecule has 0 N–H and O–H groups in total. The van der Waals surface area contributed by atoms with Crippen LogP contribution in [0.2, 0.25) is 0 Å². The molecule has 1 aliphatic heterocycles. The Morgan fingerprint density at radius 2 is 1.75 bits per heavy atom. The van der Waals surface area contributed by atoms with Crippen molar-refractivity contribution in [1.82, 2.24) is 0 Å². The molecule has 1 aliphatic rings. The van der Waals surface area contributed by atoms with Crippen LogP contribution in [0.1, 0.15) is 37.8 Å². The van der Waals surface area contributed by atoms with E-state index >= 15 is 0 Å². The highest BCUT2D eigenvalue weighted by Crippen LogP contribution is 2.36. The summed E-state index contributed by atoms with van der Waals surface area (Å²) >= 11 is 3.49. The zero-order valence-electron chi connectivity index (χ0n) is 16.3. The van der Waals surface area contributed by atoms with Gasteiger partial charge in [-0.25, -0.2) is 4.79 Å². The average molecular weight is 440 g/mol. The van der Waals surface area contributed by atoms with Crippen LogP contribution in [0.15, 0.2) is 69.8 Å². The first-order valence-corrected chi connectivity index (χ1v) is 9.84. The van der Waals surface area contributed by atoms with E-state index in [1.807, 2.05) is 48.5 Å². The summed E-state index contributed by atoms with van der Waals surface area (Å²) < 4.78 is 5.80. The molecule has 0 fully saturated rings. The quantitative estimate of drug-likeness (QED) is 0.469. The van der Waals surface area contributed by atoms with Gasteiger partial charge < -0.3 is 4.74 Å². The summed E-state index contributed by atoms with van der Waals surface area (Å²) in [6, 6.07) is 15.4. The maximum Gasteiger partial charge on any atom is 0.340 e. The second-order valence-corrected chi connectivity index (χ2v) is 7.77. The standard InChI is InChI=1S/C23H22BrNO3/c1-14(2)16-9-11-18(12-10-16)25-15(3)21(23(27)28-4)19(22(25)26)13-17-7-5-6-8-20(17)24/h5-14H,1-4H3/b19-13-. The molecule has 0 radical (unpaired) electrons. The number of methoxy groups -OCH3 is 1. The molecule has 0 saturated heterocycles. The van der Waals surface area contributed by atoms with Gasteiger partial charge in [0.2, 0.25) is 0 Å². The lowest BCUT2D eigenvalue weighted by Crippen LogP contribution is -2.24. The molecule has 1 amide bonds. The maximum atomic E-state index is 13.3. The monoisotopic (exact) mass is 439 g/mol. The van der Waals surface area contributed by atoms with Gasteiger partial charge in [0.15, 0.2) is 0 Å². The van der Waals surface area contributed by atoms with E-state index in [0.717, 1.165) is 15.7 Å². The Kier molecular flexibility index (Phi) is 5.84. The molecular weight excluding hydrogens is 418 g/mol. The molecule has 1 heterocycles. The van der Waals surface area contributed by atoms with Crippen LogP contribution in [0, 0.1) is 0 Å². The van der Waals surface area contributed by atoms with E-state index in [4.69, 9.17) is 4.74 Å². The number of nitrogens with zero attached hydrogens (tertiary/aromatic N) is 1. The largest absolute Gasteiger partial charge is 0.465 e. The molecule has 0 atom stereocenters. The van der Waals surface area contributed by atoms with Crippen LogP contribution in [-0.4, -0.2) is 19.0 Å². The van der Waals surface area contributed by atoms with Crippen molar-refractivity contribution in [2.24, 2.45) is 0 Å². The van der Waals surface area contributed by atoms with Crippen LogP contribution in [0.3, 0.4) is 0 Å². The van der Waals surface area contributed by atoms with E-state index in [0.29, 0.717) is 17.2 Å². The normalized spacial score (nSPS) is 15.7. The number of benzene rings is 2. The second kappa shape index (κ2) is 8.15. The molecule has 2 aromatic carbocycles. The van der Waals surface area contributed by atoms with E-state index in [2.05, 4.69) is 29.8 Å². The van der Waals surface area contributed by atoms with Crippen molar-refractivity contribution in [2.45, 2.75) is 26.7 Å². The first-order chi connectivity index (χ1) is 13.3. The van der Waals surface area contributed by atoms with Gasteiger partial charge in [-0.15, -0.1) is 0 Å². The predicted molar refractivity (Wildman–Crippen MR) is 115 cm³/mol. The number of carbonyl (C=O) groups is 2. The van der Waals surface area contributed by atoms with Gasteiger partial charge in [0, 0.05) is 15.9 Å². The molecule has 2 aromatic rings. The van der Waals surface area contributed by atoms with Crippen molar-refractivity contribution < 1.29 is 14.3 Å². The lowest BCUT2D eigenvalue weighted by molar-refractivity contribution is -0.136. The summed E-state index contributed by atoms with van der Waals surface area (Å²) in [4.78, 5) is 27.3. The molecule has 0 spiro atoms. The average Bonchev–Trinajstić information content (AvgIpc) is 2.93. The van der Waals surface area contributed by atoms with Crippen LogP contribution in [0.5, 0.6) is 0 Å². The highest BCUT2D eigenvalue weighted by atomic mass is 79.9. The SMILES string of the molecule is COC(=O)C1=C(C)N(c2ccc(C(C)C)cc2)C(=O)/C1=C\c1ccccc1Br. The van der Waals surface area contributed by atoms with Crippen LogP contribution in [-0.2, 0) is 14.3 Å². The highest BCUT2D eigenvalue weighted by molar-refractivity contribution is 9.10. The minimum Gasteiger partial charge on any atom is -0.465 e. The van der Waals surface area contributed by atoms with E-state index < -0.39 is 5.97 Å². The first kappa shape index (κ1) is 20.1. The van der Waals surface area contributed by atoms with Gasteiger partial charge in [0.25, 0.3) is 5.91 Å². The van der Waals surface area contributed by atoms with E-state index in [1.165, 1.54) is 12.7 Å². The van der Waals surface area contributed by atoms with Gasteiger partial charge in [0.05, 0.1) is 18.3 Å². The number of carbonyl (C=O) groups excluding carboxylic acids is 2. The third kappa shape index (κ3) is 3.67. The summed E-state index contributed by atoms with van der Waals surface area (Å²) in [5, 5.41) is 0. The number of hydrogen-bond acceptors (Lipinski definition) is 3. The van der Waals surface area contributed by atoms with Crippen molar-refractivity contribution in [3.05, 3.63) is 81.0 Å². The molecule has 3 rings (SSSR count). The molecule has 28 heavy (non-hydrogen) atoms. The van der Waals surface area contributed by atoms with E-state index in [9.17, 15) is 9.59 Å². The summed E-state index contributed by atoms with van der Waals surface area (Å²) in [7, 11) is 1.32. The summed E-state index contributed by atoms with van der Waals surface area (Å²) in [6.07, 6.45) is 1.73. The van der Waals surface area contributed by atoms with Gasteiger partial charge in [-0.2, -0.15) is 0 Å². The number of hydrogen-bond donors (Lipinski definition) is 0. The van der Waals surface area contributed by atoms with Crippen molar-refractivity contribution in [3.8, 4) is 0 Å². The topological polar surface area (TPSA) is 46.6 Å². The number of amides is 1. The number of rotatable bonds is 4. The first-order valence-electron chi connectivity index (χ1n) is 9.05. The lowest BCUT2D eigenvalue weighted by Gasteiger charge is -2.19. The Hall–Kier alpha value is -2.66. The van der Waals surface area contributed by atoms with Crippen molar-refractivity contribution in [3.63, 3.8) is 0 Å². The van der Waals surface area contributed by atoms with Gasteiger partial charge in [-0.1, -0.05) is 60.1 Å². The third-order valence-electron chi connectivity index (χ3n) is 4.81. The molecule has 0 unspecified atom stereocenters. The van der Waals surface area contributed by atoms with Crippen LogP contribution >= 0.6 is 15.9 Å². The zero-order chi connectivity index (χ0) is 20.4. The van der Waals surface area contributed by atoms with E-state index in [1.54, 1.807) is 17.9 Å². The van der Waals surface area contributed by atoms with Crippen LogP contribution < -0.4 is 4.90 Å². The number of ether oxygens (including phenoxy) is 1. The van der Waals surface area contributed by atoms with Gasteiger partial charge in [0.1, 0.15) is 0 Å². The maximum absolute atomic E-state index is 13.3. The summed E-state index contributed by atoms with van der Waals surface area (Å²) in [5.41, 5.74) is 3.91. The fraction of sp³-hybridized carbons (Fsp3) is 0.217. The molecule has 5 heteroatoms. The minimum atomic E-state index is -0.523. The highest BCUT2D eigenvalue weighted by Gasteiger charge is 2.38. The molecule has 0 bridgehead atoms. The number of allylic oxidation sites excluding steroid dienone is 1. The van der Waals surface area contributed by atoms with Crippen molar-refractivity contribution in [1.29, 1.82) is 0 Å². The Bertz CT molecular complexity index is 987. The van der Waals surface area contributed by atoms with E-state index in [-0.39, 0.29) is 11.5 Å². The van der Waals surface area contributed by atoms with Crippen LogP contribution in [0.25, 0.3) is 6.08 Å². The van der Waals surface area contributed by atoms with Gasteiger partial charge in [-0.3, -0.25) is 9.69 Å². The fourth-order valence-electron chi connectivity index (χ4n) is 3.25. The molecule has 0 aromatic heterocycles. The Balaban J connectivity index is 2.11. The smallest absolute Gasteiger partial charge is 0.340 e. The van der Waals surface area contributed by atoms with Gasteiger partial charge in [-0.05, 0) is 48.2 Å². The summed E-state index contributed by atoms with van der Waals surface area (Å²) in [5.74, 6) is -0.368. The van der Waals surface area contributed by atoms with Crippen molar-refractivity contribution >= 4 is 39.6 Å². The predicted octanol–water partition coefficient (Wildman–Crippen LogP) is 5.45. The Morgan fingerprint density at radius 1 is 1.11 bits per heavy atom. The zero-order valence-corrected chi connectivity index (χ0v) is 17.9. The second-order valence-electron chi connectivity index (χ2n) is 6.92. The summed E-state index contributed by atoms with van der Waals surface area (Å²) in [6.45, 7) is 6.01. The lowest BCUT2D eigenvalue weighted by atomic mass is 10.0. The molecular formula is C23H22BrNO3. The number of anilines is 1.